The first-order valence-corrected chi connectivity index (χ1v) is 8.16. The maximum Gasteiger partial charge on any atom is 0.283 e. The topological polar surface area (TPSA) is 49.6 Å². The molecule has 1 aliphatic rings. The van der Waals surface area contributed by atoms with Gasteiger partial charge in [0.15, 0.2) is 0 Å². The van der Waals surface area contributed by atoms with E-state index in [-0.39, 0.29) is 10.6 Å². The molecule has 21 heavy (non-hydrogen) atoms. The minimum atomic E-state index is -0.340. The van der Waals surface area contributed by atoms with Crippen LogP contribution in [0.25, 0.3) is 0 Å². The molecule has 6 heteroatoms. The third kappa shape index (κ3) is 4.02. The highest BCUT2D eigenvalue weighted by Gasteiger charge is 2.23. The van der Waals surface area contributed by atoms with Crippen molar-refractivity contribution < 1.29 is 4.92 Å². The molecule has 0 N–H and O–H groups in total. The number of nitro benzene ring substituents is 1. The lowest BCUT2D eigenvalue weighted by molar-refractivity contribution is -0.385. The van der Waals surface area contributed by atoms with E-state index in [9.17, 15) is 10.1 Å². The van der Waals surface area contributed by atoms with Crippen molar-refractivity contribution in [1.29, 1.82) is 0 Å². The fourth-order valence-electron chi connectivity index (χ4n) is 2.90. The van der Waals surface area contributed by atoms with Crippen LogP contribution >= 0.6 is 15.9 Å². The molecule has 5 nitrogen and oxygen atoms in total. The molecule has 0 bridgehead atoms. The summed E-state index contributed by atoms with van der Waals surface area (Å²) in [5, 5.41) is 11.0. The molecule has 1 heterocycles. The third-order valence-electron chi connectivity index (χ3n) is 4.30. The van der Waals surface area contributed by atoms with Gasteiger partial charge < -0.3 is 4.90 Å². The Morgan fingerprint density at radius 2 is 2.10 bits per heavy atom. The van der Waals surface area contributed by atoms with Gasteiger partial charge in [0, 0.05) is 18.7 Å². The molecular weight excluding hydrogens is 334 g/mol. The maximum absolute atomic E-state index is 11.0. The Morgan fingerprint density at radius 3 is 2.67 bits per heavy atom. The Labute approximate surface area is 134 Å². The normalized spacial score (nSPS) is 17.3. The standard InChI is InChI=1S/C15H22BrN3O2/c1-3-18-9-7-13(8-10-18)17(2)11-12-5-4-6-14(15(12)16)19(20)21/h4-6,13H,3,7-11H2,1-2H3. The number of rotatable bonds is 5. The van der Waals surface area contributed by atoms with Crippen molar-refractivity contribution >= 4 is 21.6 Å². The summed E-state index contributed by atoms with van der Waals surface area (Å²) < 4.78 is 0.604. The van der Waals surface area contributed by atoms with Crippen LogP contribution in [0.1, 0.15) is 25.3 Å². The Balaban J connectivity index is 2.02. The molecule has 1 aromatic rings. The van der Waals surface area contributed by atoms with Gasteiger partial charge in [-0.2, -0.15) is 0 Å². The van der Waals surface area contributed by atoms with Crippen molar-refractivity contribution in [2.45, 2.75) is 32.4 Å². The molecule has 0 atom stereocenters. The van der Waals surface area contributed by atoms with Crippen molar-refractivity contribution in [1.82, 2.24) is 9.80 Å². The zero-order valence-electron chi connectivity index (χ0n) is 12.6. The predicted molar refractivity (Wildman–Crippen MR) is 87.4 cm³/mol. The highest BCUT2D eigenvalue weighted by atomic mass is 79.9. The lowest BCUT2D eigenvalue weighted by Gasteiger charge is -2.36. The highest BCUT2D eigenvalue weighted by molar-refractivity contribution is 9.10. The van der Waals surface area contributed by atoms with E-state index in [0.29, 0.717) is 10.5 Å². The maximum atomic E-state index is 11.0. The van der Waals surface area contributed by atoms with Gasteiger partial charge in [0.2, 0.25) is 0 Å². The van der Waals surface area contributed by atoms with Crippen molar-refractivity contribution in [3.63, 3.8) is 0 Å². The van der Waals surface area contributed by atoms with Crippen LogP contribution in [-0.2, 0) is 6.54 Å². The van der Waals surface area contributed by atoms with Crippen molar-refractivity contribution in [2.24, 2.45) is 0 Å². The number of hydrogen-bond acceptors (Lipinski definition) is 4. The number of halogens is 1. The first kappa shape index (κ1) is 16.4. The summed E-state index contributed by atoms with van der Waals surface area (Å²) in [6, 6.07) is 5.80. The minimum absolute atomic E-state index is 0.140. The second-order valence-electron chi connectivity index (χ2n) is 5.59. The second kappa shape index (κ2) is 7.33. The Kier molecular flexibility index (Phi) is 5.72. The summed E-state index contributed by atoms with van der Waals surface area (Å²) >= 11 is 3.38. The molecule has 1 saturated heterocycles. The van der Waals surface area contributed by atoms with Gasteiger partial charge in [0.1, 0.15) is 0 Å². The number of benzene rings is 1. The molecule has 0 aromatic heterocycles. The Bertz CT molecular complexity index is 502. The van der Waals surface area contributed by atoms with Crippen LogP contribution in [0, 0.1) is 10.1 Å². The lowest BCUT2D eigenvalue weighted by Crippen LogP contribution is -2.42. The van der Waals surface area contributed by atoms with E-state index < -0.39 is 0 Å². The number of nitro groups is 1. The van der Waals surface area contributed by atoms with Crippen LogP contribution in [0.15, 0.2) is 22.7 Å². The van der Waals surface area contributed by atoms with E-state index in [1.54, 1.807) is 6.07 Å². The van der Waals surface area contributed by atoms with E-state index >= 15 is 0 Å². The summed E-state index contributed by atoms with van der Waals surface area (Å²) in [4.78, 5) is 15.4. The fourth-order valence-corrected chi connectivity index (χ4v) is 3.44. The fraction of sp³-hybridized carbons (Fsp3) is 0.600. The van der Waals surface area contributed by atoms with Crippen LogP contribution in [0.2, 0.25) is 0 Å². The summed E-state index contributed by atoms with van der Waals surface area (Å²) in [5.74, 6) is 0. The molecular formula is C15H22BrN3O2. The van der Waals surface area contributed by atoms with Gasteiger partial charge in [-0.25, -0.2) is 0 Å². The summed E-state index contributed by atoms with van der Waals surface area (Å²) in [6.45, 7) is 6.33. The molecule has 2 rings (SSSR count). The number of hydrogen-bond donors (Lipinski definition) is 0. The Morgan fingerprint density at radius 1 is 1.43 bits per heavy atom. The van der Waals surface area contributed by atoms with Gasteiger partial charge in [-0.15, -0.1) is 0 Å². The Hall–Kier alpha value is -0.980. The summed E-state index contributed by atoms with van der Waals surface area (Å²) in [5.41, 5.74) is 1.12. The summed E-state index contributed by atoms with van der Waals surface area (Å²) in [7, 11) is 2.11. The second-order valence-corrected chi connectivity index (χ2v) is 6.38. The van der Waals surface area contributed by atoms with Gasteiger partial charge in [-0.3, -0.25) is 15.0 Å². The lowest BCUT2D eigenvalue weighted by atomic mass is 10.0. The van der Waals surface area contributed by atoms with Crippen molar-refractivity contribution in [2.75, 3.05) is 26.7 Å². The zero-order chi connectivity index (χ0) is 15.4. The predicted octanol–water partition coefficient (Wildman–Crippen LogP) is 3.27. The molecule has 0 amide bonds. The first-order valence-electron chi connectivity index (χ1n) is 7.37. The first-order chi connectivity index (χ1) is 10.0. The van der Waals surface area contributed by atoms with E-state index in [1.807, 2.05) is 6.07 Å². The van der Waals surface area contributed by atoms with Crippen LogP contribution < -0.4 is 0 Å². The van der Waals surface area contributed by atoms with E-state index in [1.165, 1.54) is 6.07 Å². The molecule has 1 fully saturated rings. The number of nitrogens with zero attached hydrogens (tertiary/aromatic N) is 3. The average Bonchev–Trinajstić information content (AvgIpc) is 2.49. The molecule has 1 aromatic carbocycles. The zero-order valence-corrected chi connectivity index (χ0v) is 14.2. The SMILES string of the molecule is CCN1CCC(N(C)Cc2cccc([N+](=O)[O-])c2Br)CC1. The van der Waals surface area contributed by atoms with E-state index in [4.69, 9.17) is 0 Å². The van der Waals surface area contributed by atoms with Gasteiger partial charge >= 0.3 is 0 Å². The van der Waals surface area contributed by atoms with Gasteiger partial charge in [-0.05, 0) is 61.0 Å². The molecule has 0 aliphatic carbocycles. The molecule has 0 saturated carbocycles. The summed E-state index contributed by atoms with van der Waals surface area (Å²) in [6.07, 6.45) is 2.33. The molecule has 0 spiro atoms. The van der Waals surface area contributed by atoms with Crippen molar-refractivity contribution in [3.05, 3.63) is 38.3 Å². The van der Waals surface area contributed by atoms with Gasteiger partial charge in [0.05, 0.1) is 9.40 Å². The molecule has 1 aliphatic heterocycles. The van der Waals surface area contributed by atoms with Crippen LogP contribution in [0.5, 0.6) is 0 Å². The van der Waals surface area contributed by atoms with Crippen molar-refractivity contribution in [3.8, 4) is 0 Å². The largest absolute Gasteiger partial charge is 0.303 e. The number of piperidine rings is 1. The van der Waals surface area contributed by atoms with Gasteiger partial charge in [0.25, 0.3) is 5.69 Å². The monoisotopic (exact) mass is 355 g/mol. The quantitative estimate of drug-likeness (QED) is 0.600. The third-order valence-corrected chi connectivity index (χ3v) is 5.22. The van der Waals surface area contributed by atoms with Crippen LogP contribution in [-0.4, -0.2) is 47.4 Å². The molecule has 116 valence electrons. The van der Waals surface area contributed by atoms with Crippen LogP contribution in [0.3, 0.4) is 0 Å². The van der Waals surface area contributed by atoms with Crippen LogP contribution in [0.4, 0.5) is 5.69 Å². The van der Waals surface area contributed by atoms with E-state index in [2.05, 4.69) is 39.7 Å². The molecule has 0 radical (unpaired) electrons. The van der Waals surface area contributed by atoms with E-state index in [0.717, 1.165) is 44.6 Å². The molecule has 0 unspecified atom stereocenters. The minimum Gasteiger partial charge on any atom is -0.303 e. The number of likely N-dealkylation sites (tertiary alicyclic amines) is 1. The smallest absolute Gasteiger partial charge is 0.283 e. The average molecular weight is 356 g/mol. The highest BCUT2D eigenvalue weighted by Crippen LogP contribution is 2.29. The van der Waals surface area contributed by atoms with Gasteiger partial charge in [-0.1, -0.05) is 19.1 Å².